The van der Waals surface area contributed by atoms with E-state index in [4.69, 9.17) is 11.6 Å². The quantitative estimate of drug-likeness (QED) is 0.734. The first kappa shape index (κ1) is 15.9. The van der Waals surface area contributed by atoms with Crippen molar-refractivity contribution in [2.75, 3.05) is 14.1 Å². The number of fused-ring (bicyclic) bond motifs is 1. The Morgan fingerprint density at radius 1 is 1.00 bits per heavy atom. The van der Waals surface area contributed by atoms with Gasteiger partial charge in [0.2, 0.25) is 0 Å². The summed E-state index contributed by atoms with van der Waals surface area (Å²) in [7, 11) is 4.20. The van der Waals surface area contributed by atoms with Gasteiger partial charge in [0, 0.05) is 21.4 Å². The maximum absolute atomic E-state index is 6.21. The van der Waals surface area contributed by atoms with E-state index in [0.29, 0.717) is 0 Å². The van der Waals surface area contributed by atoms with Crippen molar-refractivity contribution in [3.8, 4) is 0 Å². The van der Waals surface area contributed by atoms with Gasteiger partial charge in [-0.1, -0.05) is 35.5 Å². The molecule has 1 aliphatic rings. The highest BCUT2D eigenvalue weighted by Crippen LogP contribution is 2.35. The number of rotatable bonds is 4. The molecule has 3 rings (SSSR count). The van der Waals surface area contributed by atoms with E-state index in [1.54, 1.807) is 0 Å². The Labute approximate surface area is 142 Å². The minimum absolute atomic E-state index is 0.808. The summed E-state index contributed by atoms with van der Waals surface area (Å²) >= 11 is 8.04. The molecule has 0 spiro atoms. The third kappa shape index (κ3) is 3.87. The zero-order chi connectivity index (χ0) is 15.5. The van der Waals surface area contributed by atoms with Crippen LogP contribution in [0.2, 0.25) is 5.02 Å². The Morgan fingerprint density at radius 2 is 1.77 bits per heavy atom. The van der Waals surface area contributed by atoms with Crippen molar-refractivity contribution in [2.24, 2.45) is 0 Å². The topological polar surface area (TPSA) is 3.24 Å². The molecule has 1 aliphatic carbocycles. The summed E-state index contributed by atoms with van der Waals surface area (Å²) < 4.78 is 0. The van der Waals surface area contributed by atoms with Gasteiger partial charge in [-0.3, -0.25) is 0 Å². The van der Waals surface area contributed by atoms with Gasteiger partial charge >= 0.3 is 0 Å². The monoisotopic (exact) mass is 331 g/mol. The van der Waals surface area contributed by atoms with Crippen LogP contribution in [0.15, 0.2) is 46.2 Å². The second kappa shape index (κ2) is 7.08. The number of halogens is 1. The van der Waals surface area contributed by atoms with Gasteiger partial charge in [0.05, 0.1) is 0 Å². The molecule has 0 heterocycles. The summed E-state index contributed by atoms with van der Waals surface area (Å²) in [6, 6.07) is 13.2. The van der Waals surface area contributed by atoms with E-state index in [1.807, 2.05) is 17.8 Å². The van der Waals surface area contributed by atoms with E-state index < -0.39 is 0 Å². The Morgan fingerprint density at radius 3 is 2.55 bits per heavy atom. The van der Waals surface area contributed by atoms with E-state index in [1.165, 1.54) is 52.2 Å². The van der Waals surface area contributed by atoms with Crippen LogP contribution in [0.5, 0.6) is 0 Å². The van der Waals surface area contributed by atoms with Crippen LogP contribution in [0, 0.1) is 0 Å². The standard InChI is InChI=1S/C19H22ClNS/c1-21(2)13-16-7-9-17(20)12-19(16)22-18-10-8-14-5-3-4-6-15(14)11-18/h7-12H,3-6,13H2,1-2H3. The highest BCUT2D eigenvalue weighted by atomic mass is 35.5. The zero-order valence-electron chi connectivity index (χ0n) is 13.2. The summed E-state index contributed by atoms with van der Waals surface area (Å²) in [5.41, 5.74) is 4.40. The van der Waals surface area contributed by atoms with E-state index in [2.05, 4.69) is 49.3 Å². The molecule has 0 N–H and O–H groups in total. The number of nitrogens with zero attached hydrogens (tertiary/aromatic N) is 1. The molecule has 0 atom stereocenters. The molecule has 0 bridgehead atoms. The number of aryl methyl sites for hydroxylation is 2. The van der Waals surface area contributed by atoms with Crippen LogP contribution in [-0.2, 0) is 19.4 Å². The third-order valence-corrected chi connectivity index (χ3v) is 5.39. The first-order chi connectivity index (χ1) is 10.6. The average molecular weight is 332 g/mol. The number of benzene rings is 2. The van der Waals surface area contributed by atoms with Crippen LogP contribution < -0.4 is 0 Å². The van der Waals surface area contributed by atoms with Crippen LogP contribution in [0.3, 0.4) is 0 Å². The van der Waals surface area contributed by atoms with Gasteiger partial charge in [0.25, 0.3) is 0 Å². The van der Waals surface area contributed by atoms with Crippen LogP contribution >= 0.6 is 23.4 Å². The van der Waals surface area contributed by atoms with Gasteiger partial charge < -0.3 is 4.90 Å². The van der Waals surface area contributed by atoms with Crippen molar-refractivity contribution in [3.63, 3.8) is 0 Å². The molecule has 0 amide bonds. The molecular formula is C19H22ClNS. The summed E-state index contributed by atoms with van der Waals surface area (Å²) in [4.78, 5) is 4.78. The fraction of sp³-hybridized carbons (Fsp3) is 0.368. The van der Waals surface area contributed by atoms with E-state index in [-0.39, 0.29) is 0 Å². The Bertz CT molecular complexity index is 666. The number of hydrogen-bond acceptors (Lipinski definition) is 2. The molecule has 0 aliphatic heterocycles. The van der Waals surface area contributed by atoms with Crippen molar-refractivity contribution in [1.29, 1.82) is 0 Å². The summed E-state index contributed by atoms with van der Waals surface area (Å²) in [6.07, 6.45) is 5.12. The van der Waals surface area contributed by atoms with Crippen molar-refractivity contribution >= 4 is 23.4 Å². The van der Waals surface area contributed by atoms with Crippen molar-refractivity contribution in [1.82, 2.24) is 4.90 Å². The predicted molar refractivity (Wildman–Crippen MR) is 96.1 cm³/mol. The first-order valence-electron chi connectivity index (χ1n) is 7.84. The van der Waals surface area contributed by atoms with Gasteiger partial charge in [-0.15, -0.1) is 0 Å². The normalized spacial score (nSPS) is 14.2. The Balaban J connectivity index is 1.87. The van der Waals surface area contributed by atoms with Gasteiger partial charge in [-0.2, -0.15) is 0 Å². The molecule has 1 nitrogen and oxygen atoms in total. The first-order valence-corrected chi connectivity index (χ1v) is 9.04. The second-order valence-corrected chi connectivity index (χ2v) is 7.78. The Kier molecular flexibility index (Phi) is 5.12. The summed E-state index contributed by atoms with van der Waals surface area (Å²) in [6.45, 7) is 0.935. The van der Waals surface area contributed by atoms with Crippen LogP contribution in [0.1, 0.15) is 29.5 Å². The zero-order valence-corrected chi connectivity index (χ0v) is 14.8. The van der Waals surface area contributed by atoms with Crippen molar-refractivity contribution < 1.29 is 0 Å². The van der Waals surface area contributed by atoms with E-state index >= 15 is 0 Å². The molecule has 116 valence electrons. The SMILES string of the molecule is CN(C)Cc1ccc(Cl)cc1Sc1ccc2c(c1)CCCC2. The van der Waals surface area contributed by atoms with E-state index in [0.717, 1.165) is 11.6 Å². The minimum atomic E-state index is 0.808. The molecule has 3 heteroatoms. The lowest BCUT2D eigenvalue weighted by molar-refractivity contribution is 0.399. The van der Waals surface area contributed by atoms with Crippen LogP contribution in [0.25, 0.3) is 0 Å². The predicted octanol–water partition coefficient (Wildman–Crippen LogP) is 5.43. The van der Waals surface area contributed by atoms with E-state index in [9.17, 15) is 0 Å². The minimum Gasteiger partial charge on any atom is -0.305 e. The van der Waals surface area contributed by atoms with Gasteiger partial charge in [0.1, 0.15) is 0 Å². The molecule has 0 radical (unpaired) electrons. The second-order valence-electron chi connectivity index (χ2n) is 6.23. The highest BCUT2D eigenvalue weighted by Gasteiger charge is 2.12. The van der Waals surface area contributed by atoms with Crippen molar-refractivity contribution in [3.05, 3.63) is 58.1 Å². The smallest absolute Gasteiger partial charge is 0.0417 e. The molecule has 0 fully saturated rings. The Hall–Kier alpha value is -0.960. The van der Waals surface area contributed by atoms with Gasteiger partial charge in [-0.25, -0.2) is 0 Å². The highest BCUT2D eigenvalue weighted by molar-refractivity contribution is 7.99. The molecule has 0 unspecified atom stereocenters. The van der Waals surface area contributed by atoms with Crippen LogP contribution in [-0.4, -0.2) is 19.0 Å². The summed E-state index contributed by atoms with van der Waals surface area (Å²) in [5.74, 6) is 0. The fourth-order valence-electron chi connectivity index (χ4n) is 2.99. The molecule has 0 saturated carbocycles. The third-order valence-electron chi connectivity index (χ3n) is 4.06. The molecule has 2 aromatic rings. The lowest BCUT2D eigenvalue weighted by Gasteiger charge is -2.18. The largest absolute Gasteiger partial charge is 0.305 e. The fourth-order valence-corrected chi connectivity index (χ4v) is 4.27. The lowest BCUT2D eigenvalue weighted by Crippen LogP contribution is -2.11. The number of hydrogen-bond donors (Lipinski definition) is 0. The molecule has 0 saturated heterocycles. The maximum Gasteiger partial charge on any atom is 0.0417 e. The molecule has 22 heavy (non-hydrogen) atoms. The van der Waals surface area contributed by atoms with Crippen molar-refractivity contribution in [2.45, 2.75) is 42.0 Å². The molecule has 0 aromatic heterocycles. The van der Waals surface area contributed by atoms with Gasteiger partial charge in [-0.05, 0) is 80.7 Å². The molecule has 2 aromatic carbocycles. The average Bonchev–Trinajstić information content (AvgIpc) is 2.49. The van der Waals surface area contributed by atoms with Gasteiger partial charge in [0.15, 0.2) is 0 Å². The maximum atomic E-state index is 6.21. The van der Waals surface area contributed by atoms with Crippen LogP contribution in [0.4, 0.5) is 0 Å². The summed E-state index contributed by atoms with van der Waals surface area (Å²) in [5, 5.41) is 0.808. The molecular weight excluding hydrogens is 310 g/mol. The lowest BCUT2D eigenvalue weighted by atomic mass is 9.92.